The molecule has 1 N–H and O–H groups in total. The number of pyridine rings is 1. The van der Waals surface area contributed by atoms with Gasteiger partial charge in [-0.05, 0) is 63.6 Å². The zero-order chi connectivity index (χ0) is 33.8. The Morgan fingerprint density at radius 3 is 2.13 bits per heavy atom. The lowest BCUT2D eigenvalue weighted by atomic mass is 10.1. The fraction of sp³-hybridized carbons (Fsp3) is 0.382. The van der Waals surface area contributed by atoms with Crippen molar-refractivity contribution in [3.63, 3.8) is 0 Å². The van der Waals surface area contributed by atoms with Gasteiger partial charge in [0.15, 0.2) is 11.5 Å². The molecule has 0 aliphatic carbocycles. The van der Waals surface area contributed by atoms with Crippen LogP contribution in [0.3, 0.4) is 0 Å². The highest BCUT2D eigenvalue weighted by atomic mass is 16.6. The van der Waals surface area contributed by atoms with E-state index in [4.69, 9.17) is 28.4 Å². The molecule has 4 rings (SSSR count). The van der Waals surface area contributed by atoms with Crippen molar-refractivity contribution in [1.82, 2.24) is 15.0 Å². The molecule has 0 fully saturated rings. The zero-order valence-corrected chi connectivity index (χ0v) is 27.6. The molecule has 0 aliphatic rings. The van der Waals surface area contributed by atoms with E-state index < -0.39 is 11.7 Å². The summed E-state index contributed by atoms with van der Waals surface area (Å²) in [6.07, 6.45) is 2.83. The Hall–Kier alpha value is -5.01. The first-order chi connectivity index (χ1) is 22.6. The summed E-state index contributed by atoms with van der Waals surface area (Å²) in [6, 6.07) is 14.2. The second-order valence-electron chi connectivity index (χ2n) is 11.3. The molecule has 2 heterocycles. The summed E-state index contributed by atoms with van der Waals surface area (Å²) in [4.78, 5) is 39.9. The minimum Gasteiger partial charge on any atom is -0.487 e. The molecule has 0 atom stereocenters. The number of carbonyl (C=O) groups excluding carboxylic acids is 2. The number of ether oxygens (including phenoxy) is 6. The smallest absolute Gasteiger partial charge is 0.414 e. The number of nitrogens with one attached hydrogen (secondary N) is 1. The molecule has 0 radical (unpaired) electrons. The van der Waals surface area contributed by atoms with Gasteiger partial charge >= 0.3 is 12.1 Å². The van der Waals surface area contributed by atoms with Gasteiger partial charge in [-0.3, -0.25) is 9.69 Å². The highest BCUT2D eigenvalue weighted by Crippen LogP contribution is 2.33. The summed E-state index contributed by atoms with van der Waals surface area (Å²) in [6.45, 7) is 9.25. The van der Waals surface area contributed by atoms with E-state index >= 15 is 0 Å². The highest BCUT2D eigenvalue weighted by Gasteiger charge is 2.22. The standard InChI is InChI=1S/C34H41N5O8/c1-7-39(33(41)47-34(2,3)4)25-10-13-30(35-22-25)38-31(40)18-23-8-11-26(12-9-23)46-32-36-21-24-19-28(44-16-14-42-5)29(20-27(24)37-32)45-17-15-43-6/h8-13,19-22H,7,14-18H2,1-6H3,(H,35,38,40). The quantitative estimate of drug-likeness (QED) is 0.156. The third-order valence-corrected chi connectivity index (χ3v) is 6.47. The fourth-order valence-electron chi connectivity index (χ4n) is 4.27. The van der Waals surface area contributed by atoms with Crippen LogP contribution in [-0.4, -0.2) is 79.7 Å². The van der Waals surface area contributed by atoms with Gasteiger partial charge < -0.3 is 33.7 Å². The minimum absolute atomic E-state index is 0.121. The second kappa shape index (κ2) is 16.5. The highest BCUT2D eigenvalue weighted by molar-refractivity contribution is 5.92. The topological polar surface area (TPSA) is 143 Å². The van der Waals surface area contributed by atoms with E-state index in [2.05, 4.69) is 20.3 Å². The Morgan fingerprint density at radius 1 is 0.851 bits per heavy atom. The van der Waals surface area contributed by atoms with E-state index in [0.29, 0.717) is 67.2 Å². The maximum absolute atomic E-state index is 12.7. The third-order valence-electron chi connectivity index (χ3n) is 6.47. The molecule has 2 aromatic carbocycles. The molecular formula is C34H41N5O8. The second-order valence-corrected chi connectivity index (χ2v) is 11.3. The van der Waals surface area contributed by atoms with Crippen molar-refractivity contribution in [3.8, 4) is 23.3 Å². The molecule has 47 heavy (non-hydrogen) atoms. The molecule has 0 unspecified atom stereocenters. The number of hydrogen-bond acceptors (Lipinski definition) is 11. The maximum Gasteiger partial charge on any atom is 0.414 e. The van der Waals surface area contributed by atoms with Gasteiger partial charge in [-0.2, -0.15) is 4.98 Å². The Kier molecular flexibility index (Phi) is 12.3. The molecule has 2 amide bonds. The van der Waals surface area contributed by atoms with E-state index in [-0.39, 0.29) is 18.3 Å². The summed E-state index contributed by atoms with van der Waals surface area (Å²) in [5.41, 5.74) is 1.34. The van der Waals surface area contributed by atoms with Gasteiger partial charge in [0.2, 0.25) is 5.91 Å². The van der Waals surface area contributed by atoms with Crippen LogP contribution in [0.2, 0.25) is 0 Å². The van der Waals surface area contributed by atoms with Crippen LogP contribution in [0.4, 0.5) is 16.3 Å². The van der Waals surface area contributed by atoms with E-state index in [1.165, 1.54) is 11.1 Å². The molecule has 0 aliphatic heterocycles. The molecule has 0 saturated heterocycles. The van der Waals surface area contributed by atoms with Crippen LogP contribution in [0.15, 0.2) is 60.9 Å². The van der Waals surface area contributed by atoms with Crippen molar-refractivity contribution >= 4 is 34.4 Å². The average molecular weight is 648 g/mol. The Balaban J connectivity index is 1.36. The molecular weight excluding hydrogens is 606 g/mol. The van der Waals surface area contributed by atoms with Gasteiger partial charge in [-0.15, -0.1) is 0 Å². The minimum atomic E-state index is -0.615. The van der Waals surface area contributed by atoms with E-state index in [0.717, 1.165) is 10.9 Å². The maximum atomic E-state index is 12.7. The summed E-state index contributed by atoms with van der Waals surface area (Å²) in [5.74, 6) is 1.70. The van der Waals surface area contributed by atoms with Gasteiger partial charge in [-0.25, -0.2) is 14.8 Å². The van der Waals surface area contributed by atoms with Crippen molar-refractivity contribution in [2.75, 3.05) is 57.4 Å². The lowest BCUT2D eigenvalue weighted by Gasteiger charge is -2.26. The first-order valence-corrected chi connectivity index (χ1v) is 15.2. The Morgan fingerprint density at radius 2 is 1.53 bits per heavy atom. The molecule has 250 valence electrons. The molecule has 2 aromatic heterocycles. The van der Waals surface area contributed by atoms with Gasteiger partial charge in [0.05, 0.1) is 37.0 Å². The number of anilines is 2. The number of carbonyl (C=O) groups is 2. The van der Waals surface area contributed by atoms with Crippen molar-refractivity contribution < 1.29 is 38.0 Å². The Bertz CT molecular complexity index is 1630. The van der Waals surface area contributed by atoms with Gasteiger partial charge in [-0.1, -0.05) is 12.1 Å². The number of methoxy groups -OCH3 is 2. The lowest BCUT2D eigenvalue weighted by Crippen LogP contribution is -2.36. The first-order valence-electron chi connectivity index (χ1n) is 15.2. The summed E-state index contributed by atoms with van der Waals surface area (Å²) in [7, 11) is 3.21. The predicted octanol–water partition coefficient (Wildman–Crippen LogP) is 5.81. The van der Waals surface area contributed by atoms with Crippen LogP contribution in [-0.2, 0) is 25.4 Å². The normalized spacial score (nSPS) is 11.2. The van der Waals surface area contributed by atoms with Crippen LogP contribution in [0.5, 0.6) is 23.3 Å². The van der Waals surface area contributed by atoms with Crippen LogP contribution in [0.25, 0.3) is 10.9 Å². The zero-order valence-electron chi connectivity index (χ0n) is 27.6. The number of benzene rings is 2. The number of nitrogens with zero attached hydrogens (tertiary/aromatic N) is 4. The molecule has 0 spiro atoms. The van der Waals surface area contributed by atoms with Crippen LogP contribution in [0, 0.1) is 0 Å². The number of aromatic nitrogens is 3. The van der Waals surface area contributed by atoms with Crippen molar-refractivity contribution in [2.45, 2.75) is 39.7 Å². The Labute approximate surface area is 274 Å². The summed E-state index contributed by atoms with van der Waals surface area (Å²) >= 11 is 0. The van der Waals surface area contributed by atoms with E-state index in [1.54, 1.807) is 62.9 Å². The molecule has 13 nitrogen and oxygen atoms in total. The monoisotopic (exact) mass is 647 g/mol. The fourth-order valence-corrected chi connectivity index (χ4v) is 4.27. The SMILES string of the molecule is CCN(C(=O)OC(C)(C)C)c1ccc(NC(=O)Cc2ccc(Oc3ncc4cc(OCCOC)c(OCCOC)cc4n3)cc2)nc1. The van der Waals surface area contributed by atoms with E-state index in [1.807, 2.05) is 33.8 Å². The number of fused-ring (bicyclic) bond motifs is 1. The lowest BCUT2D eigenvalue weighted by molar-refractivity contribution is -0.115. The van der Waals surface area contributed by atoms with Gasteiger partial charge in [0.25, 0.3) is 0 Å². The average Bonchev–Trinajstić information content (AvgIpc) is 3.02. The summed E-state index contributed by atoms with van der Waals surface area (Å²) < 4.78 is 33.2. The van der Waals surface area contributed by atoms with Crippen molar-refractivity contribution in [3.05, 3.63) is 66.5 Å². The number of rotatable bonds is 15. The molecule has 0 bridgehead atoms. The number of hydrogen-bond donors (Lipinski definition) is 1. The predicted molar refractivity (Wildman–Crippen MR) is 177 cm³/mol. The largest absolute Gasteiger partial charge is 0.487 e. The van der Waals surface area contributed by atoms with Crippen LogP contribution >= 0.6 is 0 Å². The van der Waals surface area contributed by atoms with E-state index in [9.17, 15) is 9.59 Å². The van der Waals surface area contributed by atoms with Gasteiger partial charge in [0, 0.05) is 38.4 Å². The number of amides is 2. The van der Waals surface area contributed by atoms with Gasteiger partial charge in [0.1, 0.15) is 30.4 Å². The van der Waals surface area contributed by atoms with Crippen molar-refractivity contribution in [1.29, 1.82) is 0 Å². The van der Waals surface area contributed by atoms with Crippen molar-refractivity contribution in [2.24, 2.45) is 0 Å². The molecule has 4 aromatic rings. The molecule has 13 heteroatoms. The summed E-state index contributed by atoms with van der Waals surface area (Å²) in [5, 5.41) is 3.53. The van der Waals surface area contributed by atoms with Crippen LogP contribution in [0.1, 0.15) is 33.3 Å². The first kappa shape index (κ1) is 34.9. The van der Waals surface area contributed by atoms with Crippen LogP contribution < -0.4 is 24.4 Å². The third kappa shape index (κ3) is 10.5. The molecule has 0 saturated carbocycles.